The minimum Gasteiger partial charge on any atom is -0.496 e. The predicted octanol–water partition coefficient (Wildman–Crippen LogP) is 4.33. The number of para-hydroxylation sites is 1. The molecule has 138 valence electrons. The molecule has 1 unspecified atom stereocenters. The van der Waals surface area contributed by atoms with E-state index in [1.165, 1.54) is 0 Å². The second-order valence-corrected chi connectivity index (χ2v) is 7.10. The molecule has 0 spiro atoms. The van der Waals surface area contributed by atoms with Gasteiger partial charge in [-0.2, -0.15) is 0 Å². The van der Waals surface area contributed by atoms with E-state index in [2.05, 4.69) is 17.6 Å². The molecule has 1 atom stereocenters. The average Bonchev–Trinajstić information content (AvgIpc) is 2.68. The fourth-order valence-corrected chi connectivity index (χ4v) is 3.73. The fraction of sp³-hybridized carbons (Fsp3) is 0.409. The first kappa shape index (κ1) is 18.5. The van der Waals surface area contributed by atoms with Crippen LogP contribution in [0.15, 0.2) is 48.5 Å². The topological polar surface area (TPSA) is 50.4 Å². The molecule has 1 heterocycles. The molecule has 1 aliphatic heterocycles. The van der Waals surface area contributed by atoms with Gasteiger partial charge in [0.15, 0.2) is 0 Å². The molecule has 1 aliphatic rings. The minimum atomic E-state index is 0.0909. The van der Waals surface area contributed by atoms with Crippen LogP contribution in [0, 0.1) is 11.8 Å². The highest BCUT2D eigenvalue weighted by molar-refractivity contribution is 5.91. The summed E-state index contributed by atoms with van der Waals surface area (Å²) in [6.45, 7) is 4.33. The van der Waals surface area contributed by atoms with Crippen molar-refractivity contribution in [3.63, 3.8) is 0 Å². The van der Waals surface area contributed by atoms with Gasteiger partial charge in [0, 0.05) is 17.7 Å². The number of hydrogen-bond donors (Lipinski definition) is 2. The Morgan fingerprint density at radius 1 is 1.19 bits per heavy atom. The Labute approximate surface area is 156 Å². The number of piperidine rings is 1. The first-order valence-corrected chi connectivity index (χ1v) is 9.41. The number of benzene rings is 2. The molecule has 0 aliphatic carbocycles. The molecule has 2 aromatic rings. The van der Waals surface area contributed by atoms with Crippen molar-refractivity contribution in [3.05, 3.63) is 48.5 Å². The van der Waals surface area contributed by atoms with Crippen LogP contribution >= 0.6 is 0 Å². The Balaban J connectivity index is 1.65. The number of anilines is 1. The zero-order chi connectivity index (χ0) is 18.4. The third kappa shape index (κ3) is 4.64. The standard InChI is InChI=1S/C22H28N2O2/c1-16(17-10-12-23-13-11-17)14-22(25)24-19-7-5-6-18(15-19)20-8-3-4-9-21(20)26-2/h3-9,15-17,23H,10-14H2,1-2H3,(H,24,25). The molecule has 26 heavy (non-hydrogen) atoms. The van der Waals surface area contributed by atoms with Crippen molar-refractivity contribution in [2.45, 2.75) is 26.2 Å². The summed E-state index contributed by atoms with van der Waals surface area (Å²) in [5.41, 5.74) is 2.89. The third-order valence-corrected chi connectivity index (χ3v) is 5.26. The molecule has 2 aromatic carbocycles. The quantitative estimate of drug-likeness (QED) is 0.814. The number of ether oxygens (including phenoxy) is 1. The Morgan fingerprint density at radius 3 is 2.73 bits per heavy atom. The number of methoxy groups -OCH3 is 1. The van der Waals surface area contributed by atoms with E-state index >= 15 is 0 Å². The van der Waals surface area contributed by atoms with Gasteiger partial charge in [0.2, 0.25) is 5.91 Å². The van der Waals surface area contributed by atoms with Crippen LogP contribution in [0.25, 0.3) is 11.1 Å². The van der Waals surface area contributed by atoms with E-state index in [0.717, 1.165) is 48.5 Å². The summed E-state index contributed by atoms with van der Waals surface area (Å²) in [5, 5.41) is 6.45. The molecule has 4 nitrogen and oxygen atoms in total. The van der Waals surface area contributed by atoms with Crippen molar-refractivity contribution in [1.82, 2.24) is 5.32 Å². The maximum atomic E-state index is 12.5. The van der Waals surface area contributed by atoms with Crippen LogP contribution in [0.5, 0.6) is 5.75 Å². The van der Waals surface area contributed by atoms with Gasteiger partial charge in [-0.05, 0) is 61.5 Å². The van der Waals surface area contributed by atoms with Crippen molar-refractivity contribution >= 4 is 11.6 Å². The van der Waals surface area contributed by atoms with E-state index in [4.69, 9.17) is 4.74 Å². The van der Waals surface area contributed by atoms with Crippen molar-refractivity contribution in [2.24, 2.45) is 11.8 Å². The highest BCUT2D eigenvalue weighted by Gasteiger charge is 2.22. The number of carbonyl (C=O) groups excluding carboxylic acids is 1. The van der Waals surface area contributed by atoms with Crippen molar-refractivity contribution in [3.8, 4) is 16.9 Å². The van der Waals surface area contributed by atoms with Gasteiger partial charge in [-0.15, -0.1) is 0 Å². The number of carbonyl (C=O) groups is 1. The van der Waals surface area contributed by atoms with Crippen molar-refractivity contribution < 1.29 is 9.53 Å². The normalized spacial score (nSPS) is 16.1. The second kappa shape index (κ2) is 8.86. The molecule has 1 amide bonds. The number of nitrogens with one attached hydrogen (secondary N) is 2. The summed E-state index contributed by atoms with van der Waals surface area (Å²) in [6, 6.07) is 15.9. The zero-order valence-electron chi connectivity index (χ0n) is 15.6. The summed E-state index contributed by atoms with van der Waals surface area (Å²) in [7, 11) is 1.67. The van der Waals surface area contributed by atoms with Crippen LogP contribution in [0.4, 0.5) is 5.69 Å². The van der Waals surface area contributed by atoms with Gasteiger partial charge in [-0.1, -0.05) is 37.3 Å². The zero-order valence-corrected chi connectivity index (χ0v) is 15.6. The lowest BCUT2D eigenvalue weighted by Gasteiger charge is -2.27. The maximum Gasteiger partial charge on any atom is 0.224 e. The largest absolute Gasteiger partial charge is 0.496 e. The first-order valence-electron chi connectivity index (χ1n) is 9.41. The number of rotatable bonds is 6. The molecule has 0 bridgehead atoms. The van der Waals surface area contributed by atoms with E-state index in [-0.39, 0.29) is 5.91 Å². The van der Waals surface area contributed by atoms with Crippen molar-refractivity contribution in [1.29, 1.82) is 0 Å². The van der Waals surface area contributed by atoms with E-state index in [1.807, 2.05) is 48.5 Å². The van der Waals surface area contributed by atoms with Crippen LogP contribution in [0.1, 0.15) is 26.2 Å². The average molecular weight is 352 g/mol. The van der Waals surface area contributed by atoms with Crippen LogP contribution in [-0.4, -0.2) is 26.1 Å². The third-order valence-electron chi connectivity index (χ3n) is 5.26. The van der Waals surface area contributed by atoms with Crippen LogP contribution in [0.2, 0.25) is 0 Å². The number of amides is 1. The van der Waals surface area contributed by atoms with Crippen molar-refractivity contribution in [2.75, 3.05) is 25.5 Å². The Morgan fingerprint density at radius 2 is 1.96 bits per heavy atom. The predicted molar refractivity (Wildman–Crippen MR) is 106 cm³/mol. The first-order chi connectivity index (χ1) is 12.7. The summed E-state index contributed by atoms with van der Waals surface area (Å²) < 4.78 is 5.45. The molecule has 2 N–H and O–H groups in total. The maximum absolute atomic E-state index is 12.5. The molecule has 3 rings (SSSR count). The van der Waals surface area contributed by atoms with Crippen LogP contribution < -0.4 is 15.4 Å². The lowest BCUT2D eigenvalue weighted by atomic mass is 9.84. The van der Waals surface area contributed by atoms with Gasteiger partial charge in [-0.3, -0.25) is 4.79 Å². The Hall–Kier alpha value is -2.33. The smallest absolute Gasteiger partial charge is 0.224 e. The SMILES string of the molecule is COc1ccccc1-c1cccc(NC(=O)CC(C)C2CCNCC2)c1. The van der Waals surface area contributed by atoms with E-state index in [9.17, 15) is 4.79 Å². The highest BCUT2D eigenvalue weighted by atomic mass is 16.5. The fourth-order valence-electron chi connectivity index (χ4n) is 3.73. The van der Waals surface area contributed by atoms with Gasteiger partial charge < -0.3 is 15.4 Å². The minimum absolute atomic E-state index is 0.0909. The monoisotopic (exact) mass is 352 g/mol. The van der Waals surface area contributed by atoms with E-state index < -0.39 is 0 Å². The van der Waals surface area contributed by atoms with Gasteiger partial charge in [0.25, 0.3) is 0 Å². The highest BCUT2D eigenvalue weighted by Crippen LogP contribution is 2.31. The van der Waals surface area contributed by atoms with Crippen LogP contribution in [-0.2, 0) is 4.79 Å². The van der Waals surface area contributed by atoms with E-state index in [1.54, 1.807) is 7.11 Å². The summed E-state index contributed by atoms with van der Waals surface area (Å²) in [6.07, 6.45) is 2.90. The molecular formula is C22H28N2O2. The molecular weight excluding hydrogens is 324 g/mol. The summed E-state index contributed by atoms with van der Waals surface area (Å²) in [4.78, 5) is 12.5. The van der Waals surface area contributed by atoms with Crippen LogP contribution in [0.3, 0.4) is 0 Å². The lowest BCUT2D eigenvalue weighted by Crippen LogP contribution is -2.32. The Bertz CT molecular complexity index is 738. The molecule has 4 heteroatoms. The molecule has 0 radical (unpaired) electrons. The molecule has 1 saturated heterocycles. The number of hydrogen-bond acceptors (Lipinski definition) is 3. The van der Waals surface area contributed by atoms with E-state index in [0.29, 0.717) is 18.3 Å². The van der Waals surface area contributed by atoms with Gasteiger partial charge in [0.1, 0.15) is 5.75 Å². The molecule has 0 saturated carbocycles. The molecule has 1 fully saturated rings. The summed E-state index contributed by atoms with van der Waals surface area (Å²) in [5.74, 6) is 1.97. The second-order valence-electron chi connectivity index (χ2n) is 7.10. The van der Waals surface area contributed by atoms with Gasteiger partial charge >= 0.3 is 0 Å². The van der Waals surface area contributed by atoms with Gasteiger partial charge in [-0.25, -0.2) is 0 Å². The Kier molecular flexibility index (Phi) is 6.29. The summed E-state index contributed by atoms with van der Waals surface area (Å²) >= 11 is 0. The lowest BCUT2D eigenvalue weighted by molar-refractivity contribution is -0.117. The van der Waals surface area contributed by atoms with Gasteiger partial charge in [0.05, 0.1) is 7.11 Å². The molecule has 0 aromatic heterocycles.